The van der Waals surface area contributed by atoms with Crippen LogP contribution >= 0.6 is 0 Å². The molecule has 6 heteroatoms. The SMILES string of the molecule is COc1cc(C(=O)OC(=O)C(C)O)ccc1O. The van der Waals surface area contributed by atoms with E-state index in [1.165, 1.54) is 32.2 Å². The van der Waals surface area contributed by atoms with E-state index >= 15 is 0 Å². The monoisotopic (exact) mass is 240 g/mol. The molecule has 1 atom stereocenters. The molecule has 0 radical (unpaired) electrons. The number of hydrogen-bond acceptors (Lipinski definition) is 6. The first-order valence-electron chi connectivity index (χ1n) is 4.76. The Labute approximate surface area is 97.4 Å². The highest BCUT2D eigenvalue weighted by atomic mass is 16.6. The molecule has 0 heterocycles. The molecule has 1 aromatic rings. The molecule has 0 saturated heterocycles. The summed E-state index contributed by atoms with van der Waals surface area (Å²) in [7, 11) is 1.32. The Bertz CT molecular complexity index is 438. The van der Waals surface area contributed by atoms with E-state index in [0.717, 1.165) is 0 Å². The average Bonchev–Trinajstić information content (AvgIpc) is 2.29. The lowest BCUT2D eigenvalue weighted by molar-refractivity contribution is -0.146. The van der Waals surface area contributed by atoms with Crippen molar-refractivity contribution in [2.24, 2.45) is 0 Å². The summed E-state index contributed by atoms with van der Waals surface area (Å²) in [4.78, 5) is 22.4. The number of aliphatic hydroxyl groups is 1. The molecule has 17 heavy (non-hydrogen) atoms. The second kappa shape index (κ2) is 5.31. The van der Waals surface area contributed by atoms with Crippen LogP contribution in [0.15, 0.2) is 18.2 Å². The van der Waals surface area contributed by atoms with Gasteiger partial charge in [0.05, 0.1) is 12.7 Å². The summed E-state index contributed by atoms with van der Waals surface area (Å²) in [6, 6.07) is 3.74. The minimum absolute atomic E-state index is 0.0358. The van der Waals surface area contributed by atoms with Gasteiger partial charge in [0.25, 0.3) is 0 Å². The fraction of sp³-hybridized carbons (Fsp3) is 0.273. The Morgan fingerprint density at radius 3 is 2.53 bits per heavy atom. The van der Waals surface area contributed by atoms with Crippen molar-refractivity contribution in [3.8, 4) is 11.5 Å². The van der Waals surface area contributed by atoms with Gasteiger partial charge in [-0.1, -0.05) is 0 Å². The molecule has 0 amide bonds. The molecule has 0 bridgehead atoms. The molecule has 1 aromatic carbocycles. The average molecular weight is 240 g/mol. The summed E-state index contributed by atoms with van der Waals surface area (Å²) in [5.74, 6) is -2.01. The topological polar surface area (TPSA) is 93.1 Å². The van der Waals surface area contributed by atoms with Crippen LogP contribution < -0.4 is 4.74 Å². The first-order chi connectivity index (χ1) is 7.95. The second-order valence-electron chi connectivity index (χ2n) is 3.27. The van der Waals surface area contributed by atoms with Gasteiger partial charge in [-0.3, -0.25) is 0 Å². The number of rotatable bonds is 3. The van der Waals surface area contributed by atoms with Crippen LogP contribution in [0, 0.1) is 0 Å². The highest BCUT2D eigenvalue weighted by molar-refractivity contribution is 5.98. The minimum Gasteiger partial charge on any atom is -0.504 e. The van der Waals surface area contributed by atoms with E-state index in [0.29, 0.717) is 0 Å². The standard InChI is InChI=1S/C11H12O6/c1-6(12)10(14)17-11(15)7-3-4-8(13)9(5-7)16-2/h3-6,12-13H,1-2H3. The molecule has 2 N–H and O–H groups in total. The van der Waals surface area contributed by atoms with Gasteiger partial charge in [-0.2, -0.15) is 0 Å². The van der Waals surface area contributed by atoms with E-state index in [-0.39, 0.29) is 17.1 Å². The number of aliphatic hydroxyl groups excluding tert-OH is 1. The molecular weight excluding hydrogens is 228 g/mol. The summed E-state index contributed by atoms with van der Waals surface area (Å²) in [5, 5.41) is 18.2. The quantitative estimate of drug-likeness (QED) is 0.589. The van der Waals surface area contributed by atoms with Gasteiger partial charge in [-0.15, -0.1) is 0 Å². The van der Waals surface area contributed by atoms with E-state index in [9.17, 15) is 14.7 Å². The van der Waals surface area contributed by atoms with Crippen molar-refractivity contribution < 1.29 is 29.3 Å². The lowest BCUT2D eigenvalue weighted by Gasteiger charge is -2.07. The zero-order chi connectivity index (χ0) is 13.0. The third-order valence-electron chi connectivity index (χ3n) is 1.95. The van der Waals surface area contributed by atoms with E-state index in [1.54, 1.807) is 0 Å². The van der Waals surface area contributed by atoms with Gasteiger partial charge in [0.2, 0.25) is 0 Å². The maximum Gasteiger partial charge on any atom is 0.345 e. The lowest BCUT2D eigenvalue weighted by Crippen LogP contribution is -2.22. The van der Waals surface area contributed by atoms with Crippen LogP contribution in [0.1, 0.15) is 17.3 Å². The Kier molecular flexibility index (Phi) is 4.06. The van der Waals surface area contributed by atoms with Crippen LogP contribution in [0.5, 0.6) is 11.5 Å². The third-order valence-corrected chi connectivity index (χ3v) is 1.95. The van der Waals surface area contributed by atoms with Crippen molar-refractivity contribution in [1.29, 1.82) is 0 Å². The number of ether oxygens (including phenoxy) is 2. The number of carbonyl (C=O) groups excluding carboxylic acids is 2. The summed E-state index contributed by atoms with van der Waals surface area (Å²) < 4.78 is 9.17. The molecule has 0 fully saturated rings. The summed E-state index contributed by atoms with van der Waals surface area (Å²) in [6.07, 6.45) is -1.38. The van der Waals surface area contributed by atoms with Gasteiger partial charge in [-0.05, 0) is 25.1 Å². The Balaban J connectivity index is 2.86. The number of aromatic hydroxyl groups is 1. The van der Waals surface area contributed by atoms with Gasteiger partial charge < -0.3 is 19.7 Å². The van der Waals surface area contributed by atoms with Gasteiger partial charge in [0, 0.05) is 0 Å². The van der Waals surface area contributed by atoms with Crippen LogP contribution in [0.4, 0.5) is 0 Å². The molecule has 0 aliphatic carbocycles. The van der Waals surface area contributed by atoms with Gasteiger partial charge in [-0.25, -0.2) is 9.59 Å². The Morgan fingerprint density at radius 2 is 2.00 bits per heavy atom. The maximum absolute atomic E-state index is 11.4. The fourth-order valence-electron chi connectivity index (χ4n) is 1.04. The number of carbonyl (C=O) groups is 2. The fourth-order valence-corrected chi connectivity index (χ4v) is 1.04. The molecule has 1 rings (SSSR count). The Hall–Kier alpha value is -2.08. The van der Waals surface area contributed by atoms with Gasteiger partial charge in [0.15, 0.2) is 11.5 Å². The van der Waals surface area contributed by atoms with Gasteiger partial charge >= 0.3 is 11.9 Å². The number of esters is 2. The normalized spacial score (nSPS) is 11.7. The zero-order valence-corrected chi connectivity index (χ0v) is 9.34. The highest BCUT2D eigenvalue weighted by Crippen LogP contribution is 2.26. The van der Waals surface area contributed by atoms with Crippen molar-refractivity contribution in [1.82, 2.24) is 0 Å². The number of phenols is 1. The summed E-state index contributed by atoms with van der Waals surface area (Å²) >= 11 is 0. The van der Waals surface area contributed by atoms with Crippen LogP contribution in [0.25, 0.3) is 0 Å². The highest BCUT2D eigenvalue weighted by Gasteiger charge is 2.18. The first kappa shape index (κ1) is 13.0. The van der Waals surface area contributed by atoms with Crippen LogP contribution in [0.2, 0.25) is 0 Å². The third kappa shape index (κ3) is 3.18. The van der Waals surface area contributed by atoms with Crippen LogP contribution in [-0.2, 0) is 9.53 Å². The van der Waals surface area contributed by atoms with E-state index in [2.05, 4.69) is 4.74 Å². The number of hydrogen-bond donors (Lipinski definition) is 2. The molecule has 6 nitrogen and oxygen atoms in total. The lowest BCUT2D eigenvalue weighted by atomic mass is 10.2. The van der Waals surface area contributed by atoms with E-state index in [4.69, 9.17) is 9.84 Å². The smallest absolute Gasteiger partial charge is 0.345 e. The van der Waals surface area contributed by atoms with Crippen molar-refractivity contribution in [2.75, 3.05) is 7.11 Å². The molecule has 92 valence electrons. The maximum atomic E-state index is 11.4. The van der Waals surface area contributed by atoms with Gasteiger partial charge in [0.1, 0.15) is 6.10 Å². The minimum atomic E-state index is -1.38. The summed E-state index contributed by atoms with van der Waals surface area (Å²) in [5.41, 5.74) is 0.0358. The number of benzene rings is 1. The van der Waals surface area contributed by atoms with Crippen molar-refractivity contribution in [3.05, 3.63) is 23.8 Å². The predicted molar refractivity (Wildman–Crippen MR) is 56.8 cm³/mol. The number of phenolic OH excluding ortho intramolecular Hbond substituents is 1. The first-order valence-corrected chi connectivity index (χ1v) is 4.76. The van der Waals surface area contributed by atoms with Crippen molar-refractivity contribution >= 4 is 11.9 Å². The number of methoxy groups -OCH3 is 1. The summed E-state index contributed by atoms with van der Waals surface area (Å²) in [6.45, 7) is 1.19. The molecule has 1 unspecified atom stereocenters. The molecule has 0 saturated carbocycles. The van der Waals surface area contributed by atoms with Crippen molar-refractivity contribution in [2.45, 2.75) is 13.0 Å². The predicted octanol–water partition coefficient (Wildman–Crippen LogP) is 0.465. The van der Waals surface area contributed by atoms with E-state index in [1.807, 2.05) is 0 Å². The van der Waals surface area contributed by atoms with Crippen molar-refractivity contribution in [3.63, 3.8) is 0 Å². The second-order valence-corrected chi connectivity index (χ2v) is 3.27. The van der Waals surface area contributed by atoms with Crippen LogP contribution in [0.3, 0.4) is 0 Å². The Morgan fingerprint density at radius 1 is 1.35 bits per heavy atom. The van der Waals surface area contributed by atoms with Crippen LogP contribution in [-0.4, -0.2) is 35.4 Å². The largest absolute Gasteiger partial charge is 0.504 e. The molecule has 0 aliphatic rings. The molecular formula is C11H12O6. The molecule has 0 spiro atoms. The van der Waals surface area contributed by atoms with E-state index < -0.39 is 18.0 Å². The zero-order valence-electron chi connectivity index (χ0n) is 9.34. The molecule has 0 aliphatic heterocycles. The molecule has 0 aromatic heterocycles.